The molecule has 8 nitrogen and oxygen atoms in total. The fraction of sp³-hybridized carbons (Fsp3) is 0.375. The molecule has 0 aliphatic carbocycles. The number of carbonyl (C=O) groups excluding carboxylic acids is 1. The molecule has 2 amide bonds. The second kappa shape index (κ2) is 11.7. The quantitative estimate of drug-likeness (QED) is 0.398. The minimum atomic E-state index is -0.145. The van der Waals surface area contributed by atoms with Crippen molar-refractivity contribution in [3.8, 4) is 0 Å². The molecular weight excluding hydrogens is 473 g/mol. The summed E-state index contributed by atoms with van der Waals surface area (Å²) in [5, 5.41) is 11.4. The molecule has 4 rings (SSSR count). The number of aromatic nitrogens is 2. The number of hydrogen-bond donors (Lipinski definition) is 3. The van der Waals surface area contributed by atoms with Gasteiger partial charge in [0.15, 0.2) is 0 Å². The van der Waals surface area contributed by atoms with E-state index in [-0.39, 0.29) is 6.03 Å². The Labute approximate surface area is 209 Å². The summed E-state index contributed by atoms with van der Waals surface area (Å²) in [4.78, 5) is 26.3. The first-order chi connectivity index (χ1) is 16.5. The molecule has 0 unspecified atom stereocenters. The van der Waals surface area contributed by atoms with Crippen LogP contribution < -0.4 is 16.0 Å². The number of nitrogens with one attached hydrogen (secondary N) is 3. The number of rotatable bonds is 8. The van der Waals surface area contributed by atoms with Crippen LogP contribution >= 0.6 is 23.2 Å². The molecule has 0 spiro atoms. The van der Waals surface area contributed by atoms with E-state index in [1.807, 2.05) is 31.3 Å². The van der Waals surface area contributed by atoms with Crippen LogP contribution in [0.1, 0.15) is 12.2 Å². The van der Waals surface area contributed by atoms with E-state index in [0.717, 1.165) is 55.1 Å². The number of carbonyl (C=O) groups is 1. The van der Waals surface area contributed by atoms with Gasteiger partial charge in [-0.05, 0) is 50.3 Å². The highest BCUT2D eigenvalue weighted by molar-refractivity contribution is 6.42. The molecule has 1 saturated heterocycles. The zero-order valence-corrected chi connectivity index (χ0v) is 20.7. The van der Waals surface area contributed by atoms with Crippen molar-refractivity contribution in [3.05, 3.63) is 58.3 Å². The molecule has 1 fully saturated rings. The maximum atomic E-state index is 12.6. The van der Waals surface area contributed by atoms with Gasteiger partial charge < -0.3 is 20.9 Å². The number of piperazine rings is 1. The van der Waals surface area contributed by atoms with Crippen molar-refractivity contribution in [3.63, 3.8) is 0 Å². The summed E-state index contributed by atoms with van der Waals surface area (Å²) in [6.45, 7) is 5.16. The standard InChI is InChI=1S/C24H29Cl2N7O/c1-27-9-4-10-28-23-18-5-2-3-6-21(18)30-22(31-23)16-32-11-13-33(14-12-32)24(34)29-17-7-8-19(25)20(26)15-17/h2-3,5-8,15,27H,4,9-14,16H2,1H3,(H,29,34)(H,28,30,31). The molecule has 1 aromatic heterocycles. The molecule has 2 heterocycles. The summed E-state index contributed by atoms with van der Waals surface area (Å²) < 4.78 is 0. The SMILES string of the molecule is CNCCCNc1nc(CN2CCN(C(=O)Nc3ccc(Cl)c(Cl)c3)CC2)nc2ccccc12. The van der Waals surface area contributed by atoms with Crippen LogP contribution in [0, 0.1) is 0 Å². The van der Waals surface area contributed by atoms with Gasteiger partial charge in [0.25, 0.3) is 0 Å². The van der Waals surface area contributed by atoms with Crippen LogP contribution in [0.15, 0.2) is 42.5 Å². The van der Waals surface area contributed by atoms with Gasteiger partial charge in [-0.15, -0.1) is 0 Å². The minimum absolute atomic E-state index is 0.145. The van der Waals surface area contributed by atoms with E-state index in [2.05, 4.69) is 20.9 Å². The maximum Gasteiger partial charge on any atom is 0.321 e. The van der Waals surface area contributed by atoms with Crippen molar-refractivity contribution < 1.29 is 4.79 Å². The van der Waals surface area contributed by atoms with Crippen LogP contribution in [0.25, 0.3) is 10.9 Å². The summed E-state index contributed by atoms with van der Waals surface area (Å²) in [6, 6.07) is 13.0. The monoisotopic (exact) mass is 501 g/mol. The highest BCUT2D eigenvalue weighted by atomic mass is 35.5. The number of amides is 2. The summed E-state index contributed by atoms with van der Waals surface area (Å²) in [7, 11) is 1.95. The van der Waals surface area contributed by atoms with Crippen molar-refractivity contribution >= 4 is 51.6 Å². The van der Waals surface area contributed by atoms with Crippen molar-refractivity contribution in [1.29, 1.82) is 0 Å². The normalized spacial score (nSPS) is 14.4. The Morgan fingerprint density at radius 1 is 1.00 bits per heavy atom. The van der Waals surface area contributed by atoms with Crippen LogP contribution in [-0.2, 0) is 6.54 Å². The molecule has 180 valence electrons. The molecular formula is C24H29Cl2N7O. The lowest BCUT2D eigenvalue weighted by atomic mass is 10.2. The average molecular weight is 502 g/mol. The number of hydrogen-bond acceptors (Lipinski definition) is 6. The number of anilines is 2. The summed E-state index contributed by atoms with van der Waals surface area (Å²) >= 11 is 12.0. The number of fused-ring (bicyclic) bond motifs is 1. The molecule has 1 aliphatic heterocycles. The van der Waals surface area contributed by atoms with Crippen LogP contribution in [0.4, 0.5) is 16.3 Å². The molecule has 3 aromatic rings. The van der Waals surface area contributed by atoms with Gasteiger partial charge in [0.05, 0.1) is 22.1 Å². The molecule has 3 N–H and O–H groups in total. The number of benzene rings is 2. The van der Waals surface area contributed by atoms with Gasteiger partial charge in [0, 0.05) is 43.8 Å². The van der Waals surface area contributed by atoms with Crippen LogP contribution in [-0.4, -0.2) is 72.1 Å². The maximum absolute atomic E-state index is 12.6. The first-order valence-corrected chi connectivity index (χ1v) is 12.2. The van der Waals surface area contributed by atoms with Gasteiger partial charge in [-0.2, -0.15) is 0 Å². The Bertz CT molecular complexity index is 1140. The Kier molecular flexibility index (Phi) is 8.39. The van der Waals surface area contributed by atoms with Gasteiger partial charge in [-0.25, -0.2) is 14.8 Å². The third-order valence-corrected chi connectivity index (χ3v) is 6.48. The van der Waals surface area contributed by atoms with E-state index >= 15 is 0 Å². The number of nitrogens with zero attached hydrogens (tertiary/aromatic N) is 4. The smallest absolute Gasteiger partial charge is 0.321 e. The van der Waals surface area contributed by atoms with E-state index in [4.69, 9.17) is 33.2 Å². The second-order valence-electron chi connectivity index (χ2n) is 8.21. The number of urea groups is 1. The van der Waals surface area contributed by atoms with Crippen molar-refractivity contribution in [2.24, 2.45) is 0 Å². The molecule has 0 radical (unpaired) electrons. The lowest BCUT2D eigenvalue weighted by Gasteiger charge is -2.34. The molecule has 0 bridgehead atoms. The zero-order valence-electron chi connectivity index (χ0n) is 19.2. The van der Waals surface area contributed by atoms with Gasteiger partial charge >= 0.3 is 6.03 Å². The van der Waals surface area contributed by atoms with Gasteiger partial charge in [-0.1, -0.05) is 35.3 Å². The van der Waals surface area contributed by atoms with Gasteiger partial charge in [-0.3, -0.25) is 4.90 Å². The predicted octanol–water partition coefficient (Wildman–Crippen LogP) is 4.31. The Morgan fingerprint density at radius 3 is 2.56 bits per heavy atom. The molecule has 2 aromatic carbocycles. The van der Waals surface area contributed by atoms with E-state index in [1.165, 1.54) is 0 Å². The second-order valence-corrected chi connectivity index (χ2v) is 9.03. The van der Waals surface area contributed by atoms with Crippen molar-refractivity contribution in [2.75, 3.05) is 56.9 Å². The van der Waals surface area contributed by atoms with Crippen LogP contribution in [0.3, 0.4) is 0 Å². The average Bonchev–Trinajstić information content (AvgIpc) is 2.84. The molecule has 1 aliphatic rings. The van der Waals surface area contributed by atoms with E-state index in [0.29, 0.717) is 35.4 Å². The number of para-hydroxylation sites is 1. The molecule has 0 saturated carbocycles. The fourth-order valence-electron chi connectivity index (χ4n) is 3.89. The molecule has 10 heteroatoms. The molecule has 34 heavy (non-hydrogen) atoms. The Balaban J connectivity index is 1.35. The topological polar surface area (TPSA) is 85.4 Å². The van der Waals surface area contributed by atoms with E-state index in [1.54, 1.807) is 23.1 Å². The Morgan fingerprint density at radius 2 is 1.79 bits per heavy atom. The predicted molar refractivity (Wildman–Crippen MR) is 139 cm³/mol. The van der Waals surface area contributed by atoms with E-state index in [9.17, 15) is 4.79 Å². The van der Waals surface area contributed by atoms with Crippen LogP contribution in [0.5, 0.6) is 0 Å². The van der Waals surface area contributed by atoms with Gasteiger partial charge in [0.1, 0.15) is 11.6 Å². The zero-order chi connectivity index (χ0) is 23.9. The first kappa shape index (κ1) is 24.5. The van der Waals surface area contributed by atoms with Crippen molar-refractivity contribution in [2.45, 2.75) is 13.0 Å². The highest BCUT2D eigenvalue weighted by Gasteiger charge is 2.22. The lowest BCUT2D eigenvalue weighted by molar-refractivity contribution is 0.141. The third-order valence-electron chi connectivity index (χ3n) is 5.74. The minimum Gasteiger partial charge on any atom is -0.369 e. The lowest BCUT2D eigenvalue weighted by Crippen LogP contribution is -2.49. The fourth-order valence-corrected chi connectivity index (χ4v) is 4.19. The third kappa shape index (κ3) is 6.27. The summed E-state index contributed by atoms with van der Waals surface area (Å²) in [6.07, 6.45) is 1.01. The largest absolute Gasteiger partial charge is 0.369 e. The Hall–Kier alpha value is -2.65. The van der Waals surface area contributed by atoms with Gasteiger partial charge in [0.2, 0.25) is 0 Å². The summed E-state index contributed by atoms with van der Waals surface area (Å²) in [5.41, 5.74) is 1.56. The molecule has 0 atom stereocenters. The summed E-state index contributed by atoms with van der Waals surface area (Å²) in [5.74, 6) is 1.65. The highest BCUT2D eigenvalue weighted by Crippen LogP contribution is 2.25. The first-order valence-electron chi connectivity index (χ1n) is 11.4. The van der Waals surface area contributed by atoms with Crippen molar-refractivity contribution in [1.82, 2.24) is 25.1 Å². The van der Waals surface area contributed by atoms with Crippen LogP contribution in [0.2, 0.25) is 10.0 Å². The number of halogens is 2. The van der Waals surface area contributed by atoms with E-state index < -0.39 is 0 Å².